The molecule has 7 nitrogen and oxygen atoms in total. The summed E-state index contributed by atoms with van der Waals surface area (Å²) >= 11 is 12.1. The molecule has 1 amide bonds. The Bertz CT molecular complexity index is 980. The molecule has 0 unspecified atom stereocenters. The van der Waals surface area contributed by atoms with E-state index in [0.29, 0.717) is 31.3 Å². The minimum Gasteiger partial charge on any atom is -0.489 e. The van der Waals surface area contributed by atoms with E-state index in [0.717, 1.165) is 11.8 Å². The van der Waals surface area contributed by atoms with E-state index in [1.54, 1.807) is 24.3 Å². The fraction of sp³-hybridized carbons (Fsp3) is 0.111. The molecule has 0 spiro atoms. The number of nitro benzene ring substituents is 1. The molecule has 0 saturated carbocycles. The van der Waals surface area contributed by atoms with Gasteiger partial charge in [0.05, 0.1) is 14.9 Å². The van der Waals surface area contributed by atoms with Crippen LogP contribution in [0.4, 0.5) is 5.69 Å². The third kappa shape index (κ3) is 5.00. The molecule has 3 rings (SSSR count). The fourth-order valence-corrected chi connectivity index (χ4v) is 3.55. The molecular formula is C18H13ClN2O5S2. The van der Waals surface area contributed by atoms with E-state index in [2.05, 4.69) is 5.32 Å². The molecule has 1 N–H and O–H groups in total. The van der Waals surface area contributed by atoms with Gasteiger partial charge in [0.2, 0.25) is 0 Å². The van der Waals surface area contributed by atoms with Gasteiger partial charge in [0, 0.05) is 17.7 Å². The highest BCUT2D eigenvalue weighted by Crippen LogP contribution is 2.31. The summed E-state index contributed by atoms with van der Waals surface area (Å²) in [6, 6.07) is 11.2. The highest BCUT2D eigenvalue weighted by molar-refractivity contribution is 8.26. The molecule has 10 heteroatoms. The van der Waals surface area contributed by atoms with Crippen molar-refractivity contribution in [2.75, 3.05) is 13.2 Å². The van der Waals surface area contributed by atoms with Crippen molar-refractivity contribution in [2.45, 2.75) is 0 Å². The van der Waals surface area contributed by atoms with Gasteiger partial charge in [0.25, 0.3) is 11.6 Å². The van der Waals surface area contributed by atoms with Gasteiger partial charge in [-0.25, -0.2) is 0 Å². The van der Waals surface area contributed by atoms with Crippen LogP contribution in [0.1, 0.15) is 5.56 Å². The number of amides is 1. The maximum atomic E-state index is 11.9. The molecular weight excluding hydrogens is 424 g/mol. The summed E-state index contributed by atoms with van der Waals surface area (Å²) in [4.78, 5) is 22.8. The van der Waals surface area contributed by atoms with Gasteiger partial charge < -0.3 is 14.8 Å². The van der Waals surface area contributed by atoms with Crippen molar-refractivity contribution in [3.8, 4) is 11.5 Å². The number of non-ortho nitro benzene ring substituents is 1. The first-order chi connectivity index (χ1) is 13.4. The molecule has 0 bridgehead atoms. The summed E-state index contributed by atoms with van der Waals surface area (Å²) in [5.74, 6) is 0.563. The quantitative estimate of drug-likeness (QED) is 0.229. The summed E-state index contributed by atoms with van der Waals surface area (Å²) in [6.45, 7) is 0.396. The van der Waals surface area contributed by atoms with Gasteiger partial charge in [-0.2, -0.15) is 0 Å². The van der Waals surface area contributed by atoms with Crippen LogP contribution in [-0.2, 0) is 4.79 Å². The number of benzene rings is 2. The van der Waals surface area contributed by atoms with Crippen molar-refractivity contribution in [3.05, 3.63) is 68.1 Å². The first-order valence-electron chi connectivity index (χ1n) is 7.97. The Morgan fingerprint density at radius 2 is 1.89 bits per heavy atom. The molecule has 0 atom stereocenters. The van der Waals surface area contributed by atoms with Gasteiger partial charge >= 0.3 is 0 Å². The van der Waals surface area contributed by atoms with Crippen molar-refractivity contribution in [1.29, 1.82) is 0 Å². The van der Waals surface area contributed by atoms with Gasteiger partial charge in [0.1, 0.15) is 29.0 Å². The maximum Gasteiger partial charge on any atom is 0.270 e. The van der Waals surface area contributed by atoms with Crippen LogP contribution in [0.2, 0.25) is 5.02 Å². The number of nitro groups is 1. The minimum atomic E-state index is -0.515. The second-order valence-corrected chi connectivity index (χ2v) is 7.58. The van der Waals surface area contributed by atoms with E-state index >= 15 is 0 Å². The number of nitrogens with one attached hydrogen (secondary N) is 1. The van der Waals surface area contributed by atoms with E-state index in [1.165, 1.54) is 24.3 Å². The van der Waals surface area contributed by atoms with Crippen LogP contribution in [-0.4, -0.2) is 28.4 Å². The van der Waals surface area contributed by atoms with Gasteiger partial charge in [-0.3, -0.25) is 14.9 Å². The number of thiocarbonyl (C=S) groups is 1. The van der Waals surface area contributed by atoms with Gasteiger partial charge in [-0.15, -0.1) is 0 Å². The number of carbonyl (C=O) groups is 1. The summed E-state index contributed by atoms with van der Waals surface area (Å²) in [6.07, 6.45) is 1.51. The zero-order chi connectivity index (χ0) is 20.1. The van der Waals surface area contributed by atoms with E-state index in [4.69, 9.17) is 33.3 Å². The lowest BCUT2D eigenvalue weighted by Gasteiger charge is -2.11. The van der Waals surface area contributed by atoms with E-state index in [9.17, 15) is 14.9 Å². The number of ether oxygens (including phenoxy) is 2. The van der Waals surface area contributed by atoms with E-state index in [-0.39, 0.29) is 24.8 Å². The molecule has 0 radical (unpaired) electrons. The number of hydrogen-bond donors (Lipinski definition) is 1. The maximum absolute atomic E-state index is 11.9. The lowest BCUT2D eigenvalue weighted by molar-refractivity contribution is -0.384. The Kier molecular flexibility index (Phi) is 6.50. The molecule has 0 aromatic heterocycles. The summed E-state index contributed by atoms with van der Waals surface area (Å²) in [7, 11) is 0. The van der Waals surface area contributed by atoms with Gasteiger partial charge in [0.15, 0.2) is 0 Å². The summed E-state index contributed by atoms with van der Waals surface area (Å²) in [5.41, 5.74) is 0.284. The Morgan fingerprint density at radius 3 is 2.54 bits per heavy atom. The SMILES string of the molecule is O=C1NC(=S)S/C1=C\c1cc([N+](=O)[O-])ccc1OCCOc1ccccc1Cl. The first kappa shape index (κ1) is 20.1. The van der Waals surface area contributed by atoms with Crippen LogP contribution in [0.25, 0.3) is 6.08 Å². The van der Waals surface area contributed by atoms with Crippen LogP contribution in [0, 0.1) is 10.1 Å². The van der Waals surface area contributed by atoms with Crippen LogP contribution < -0.4 is 14.8 Å². The molecule has 2 aromatic rings. The smallest absolute Gasteiger partial charge is 0.270 e. The van der Waals surface area contributed by atoms with Crippen molar-refractivity contribution < 1.29 is 19.2 Å². The zero-order valence-electron chi connectivity index (χ0n) is 14.2. The van der Waals surface area contributed by atoms with Crippen molar-refractivity contribution >= 4 is 57.6 Å². The van der Waals surface area contributed by atoms with Gasteiger partial charge in [-0.1, -0.05) is 47.7 Å². The molecule has 2 aromatic carbocycles. The van der Waals surface area contributed by atoms with Gasteiger partial charge in [-0.05, 0) is 24.3 Å². The number of para-hydroxylation sites is 1. The molecule has 144 valence electrons. The van der Waals surface area contributed by atoms with Crippen molar-refractivity contribution in [3.63, 3.8) is 0 Å². The average molecular weight is 437 g/mol. The molecule has 28 heavy (non-hydrogen) atoms. The Hall–Kier alpha value is -2.62. The lowest BCUT2D eigenvalue weighted by atomic mass is 10.1. The number of nitrogens with zero attached hydrogens (tertiary/aromatic N) is 1. The average Bonchev–Trinajstić information content (AvgIpc) is 2.98. The Labute approximate surface area is 174 Å². The summed E-state index contributed by atoms with van der Waals surface area (Å²) in [5, 5.41) is 14.1. The van der Waals surface area contributed by atoms with Crippen molar-refractivity contribution in [2.24, 2.45) is 0 Å². The molecule has 1 heterocycles. The molecule has 1 aliphatic heterocycles. The zero-order valence-corrected chi connectivity index (χ0v) is 16.6. The summed E-state index contributed by atoms with van der Waals surface area (Å²) < 4.78 is 11.6. The predicted octanol–water partition coefficient (Wildman–Crippen LogP) is 4.19. The predicted molar refractivity (Wildman–Crippen MR) is 112 cm³/mol. The third-order valence-corrected chi connectivity index (χ3v) is 5.04. The first-order valence-corrected chi connectivity index (χ1v) is 9.58. The third-order valence-electron chi connectivity index (χ3n) is 3.57. The normalized spacial score (nSPS) is 14.8. The van der Waals surface area contributed by atoms with Crippen LogP contribution in [0.15, 0.2) is 47.4 Å². The number of halogens is 1. The number of rotatable bonds is 7. The fourth-order valence-electron chi connectivity index (χ4n) is 2.32. The molecule has 1 aliphatic rings. The highest BCUT2D eigenvalue weighted by atomic mass is 35.5. The minimum absolute atomic E-state index is 0.113. The monoisotopic (exact) mass is 436 g/mol. The standard InChI is InChI=1S/C18H13ClN2O5S2/c19-13-3-1-2-4-15(13)26-8-7-25-14-6-5-12(21(23)24)9-11(14)10-16-17(22)20-18(27)28-16/h1-6,9-10H,7-8H2,(H,20,22,27)/b16-10-. The Morgan fingerprint density at radius 1 is 1.18 bits per heavy atom. The number of hydrogen-bond acceptors (Lipinski definition) is 7. The number of carbonyl (C=O) groups excluding carboxylic acids is 1. The molecule has 0 aliphatic carbocycles. The lowest BCUT2D eigenvalue weighted by Crippen LogP contribution is -2.17. The van der Waals surface area contributed by atoms with Crippen LogP contribution in [0.5, 0.6) is 11.5 Å². The number of thioether (sulfide) groups is 1. The topological polar surface area (TPSA) is 90.7 Å². The van der Waals surface area contributed by atoms with E-state index in [1.807, 2.05) is 0 Å². The van der Waals surface area contributed by atoms with E-state index < -0.39 is 4.92 Å². The largest absolute Gasteiger partial charge is 0.489 e. The molecule has 1 saturated heterocycles. The van der Waals surface area contributed by atoms with Crippen LogP contribution in [0.3, 0.4) is 0 Å². The second kappa shape index (κ2) is 9.05. The van der Waals surface area contributed by atoms with Crippen molar-refractivity contribution in [1.82, 2.24) is 5.32 Å². The van der Waals surface area contributed by atoms with Crippen LogP contribution >= 0.6 is 35.6 Å². The Balaban J connectivity index is 1.74. The second-order valence-electron chi connectivity index (χ2n) is 5.46. The highest BCUT2D eigenvalue weighted by Gasteiger charge is 2.23. The molecule has 1 fully saturated rings.